The molecule has 0 aliphatic heterocycles. The molecule has 0 saturated heterocycles. The summed E-state index contributed by atoms with van der Waals surface area (Å²) in [5.74, 6) is -0.989. The van der Waals surface area contributed by atoms with Crippen LogP contribution in [0, 0.1) is 11.3 Å². The number of hydrogen-bond donors (Lipinski definition) is 2. The Labute approximate surface area is 153 Å². The first-order chi connectivity index (χ1) is 12.2. The molecule has 0 saturated carbocycles. The third-order valence-corrected chi connectivity index (χ3v) is 4.18. The molecule has 134 valence electrons. The lowest BCUT2D eigenvalue weighted by Gasteiger charge is -2.20. The standard InChI is InChI=1S/C21H23N3O2/c1-21(2,3)17-10-6-14(7-11-17)12-18(19(23)25)24-20(26)16-8-4-15(13-22)5-9-16/h4-11,18H,12H2,1-3H3,(H2,23,25)(H,24,26)/t18-/m1/s1. The fourth-order valence-corrected chi connectivity index (χ4v) is 2.54. The normalized spacial score (nSPS) is 12.1. The predicted molar refractivity (Wildman–Crippen MR) is 100 cm³/mol. The molecule has 0 aliphatic rings. The van der Waals surface area contributed by atoms with E-state index in [-0.39, 0.29) is 5.41 Å². The summed E-state index contributed by atoms with van der Waals surface area (Å²) in [7, 11) is 0. The van der Waals surface area contributed by atoms with Crippen molar-refractivity contribution in [2.24, 2.45) is 5.73 Å². The monoisotopic (exact) mass is 349 g/mol. The molecule has 0 heterocycles. The maximum Gasteiger partial charge on any atom is 0.251 e. The highest BCUT2D eigenvalue weighted by molar-refractivity contribution is 5.97. The Balaban J connectivity index is 2.10. The molecule has 2 aromatic carbocycles. The zero-order valence-electron chi connectivity index (χ0n) is 15.2. The molecule has 1 atom stereocenters. The van der Waals surface area contributed by atoms with Crippen LogP contribution in [-0.4, -0.2) is 17.9 Å². The highest BCUT2D eigenvalue weighted by atomic mass is 16.2. The lowest BCUT2D eigenvalue weighted by atomic mass is 9.86. The first kappa shape index (κ1) is 19.2. The van der Waals surface area contributed by atoms with Crippen LogP contribution in [0.5, 0.6) is 0 Å². The lowest BCUT2D eigenvalue weighted by molar-refractivity contribution is -0.119. The number of amides is 2. The molecule has 3 N–H and O–H groups in total. The molecule has 0 fully saturated rings. The molecule has 0 aromatic heterocycles. The molecular formula is C21H23N3O2. The minimum atomic E-state index is -0.807. The number of nitrogens with zero attached hydrogens (tertiary/aromatic N) is 1. The molecule has 26 heavy (non-hydrogen) atoms. The minimum absolute atomic E-state index is 0.0470. The number of nitrogens with two attached hydrogens (primary N) is 1. The largest absolute Gasteiger partial charge is 0.368 e. The van der Waals surface area contributed by atoms with E-state index >= 15 is 0 Å². The first-order valence-electron chi connectivity index (χ1n) is 8.40. The number of rotatable bonds is 5. The van der Waals surface area contributed by atoms with Crippen molar-refractivity contribution in [2.75, 3.05) is 0 Å². The van der Waals surface area contributed by atoms with E-state index in [0.29, 0.717) is 17.5 Å². The van der Waals surface area contributed by atoms with Crippen molar-refractivity contribution in [2.45, 2.75) is 38.6 Å². The molecule has 2 rings (SSSR count). The van der Waals surface area contributed by atoms with E-state index in [4.69, 9.17) is 11.0 Å². The zero-order valence-corrected chi connectivity index (χ0v) is 15.2. The highest BCUT2D eigenvalue weighted by Crippen LogP contribution is 2.22. The molecule has 0 unspecified atom stereocenters. The van der Waals surface area contributed by atoms with Crippen LogP contribution in [0.4, 0.5) is 0 Å². The summed E-state index contributed by atoms with van der Waals surface area (Å²) in [4.78, 5) is 24.1. The SMILES string of the molecule is CC(C)(C)c1ccc(C[C@@H](NC(=O)c2ccc(C#N)cc2)C(N)=O)cc1. The molecule has 5 nitrogen and oxygen atoms in total. The van der Waals surface area contributed by atoms with Gasteiger partial charge in [0.25, 0.3) is 5.91 Å². The van der Waals surface area contributed by atoms with Crippen LogP contribution in [0.1, 0.15) is 47.8 Å². The summed E-state index contributed by atoms with van der Waals surface area (Å²) in [6, 6.07) is 15.3. The molecule has 5 heteroatoms. The lowest BCUT2D eigenvalue weighted by Crippen LogP contribution is -2.45. The third kappa shape index (κ3) is 4.93. The summed E-state index contributed by atoms with van der Waals surface area (Å²) in [6.07, 6.45) is 0.321. The topological polar surface area (TPSA) is 96.0 Å². The molecule has 0 radical (unpaired) electrons. The maximum atomic E-state index is 12.3. The average Bonchev–Trinajstić information content (AvgIpc) is 2.60. The van der Waals surface area contributed by atoms with Gasteiger partial charge in [0.1, 0.15) is 6.04 Å². The van der Waals surface area contributed by atoms with Gasteiger partial charge in [0.2, 0.25) is 5.91 Å². The van der Waals surface area contributed by atoms with E-state index in [1.807, 2.05) is 30.3 Å². The van der Waals surface area contributed by atoms with Crippen molar-refractivity contribution in [3.63, 3.8) is 0 Å². The number of carbonyl (C=O) groups is 2. The van der Waals surface area contributed by atoms with Crippen LogP contribution >= 0.6 is 0 Å². The van der Waals surface area contributed by atoms with Gasteiger partial charge in [0.05, 0.1) is 11.6 Å². The fraction of sp³-hybridized carbons (Fsp3) is 0.286. The minimum Gasteiger partial charge on any atom is -0.368 e. The van der Waals surface area contributed by atoms with Gasteiger partial charge in [-0.05, 0) is 40.8 Å². The summed E-state index contributed by atoms with van der Waals surface area (Å²) >= 11 is 0. The van der Waals surface area contributed by atoms with E-state index < -0.39 is 17.9 Å². The van der Waals surface area contributed by atoms with Crippen LogP contribution in [0.3, 0.4) is 0 Å². The molecule has 2 amide bonds. The van der Waals surface area contributed by atoms with Gasteiger partial charge in [-0.2, -0.15) is 5.26 Å². The van der Waals surface area contributed by atoms with Gasteiger partial charge < -0.3 is 11.1 Å². The second-order valence-electron chi connectivity index (χ2n) is 7.27. The fourth-order valence-electron chi connectivity index (χ4n) is 2.54. The Morgan fingerprint density at radius 3 is 2.12 bits per heavy atom. The van der Waals surface area contributed by atoms with Crippen LogP contribution in [0.25, 0.3) is 0 Å². The Morgan fingerprint density at radius 2 is 1.65 bits per heavy atom. The molecule has 0 spiro atoms. The molecule has 0 aliphatic carbocycles. The number of hydrogen-bond acceptors (Lipinski definition) is 3. The number of nitriles is 1. The summed E-state index contributed by atoms with van der Waals surface area (Å²) < 4.78 is 0. The third-order valence-electron chi connectivity index (χ3n) is 4.18. The maximum absolute atomic E-state index is 12.3. The first-order valence-corrected chi connectivity index (χ1v) is 8.40. The van der Waals surface area contributed by atoms with Crippen LogP contribution in [0.15, 0.2) is 48.5 Å². The Hall–Kier alpha value is -3.13. The summed E-state index contributed by atoms with van der Waals surface area (Å²) in [5.41, 5.74) is 8.46. The van der Waals surface area contributed by atoms with Gasteiger partial charge in [0.15, 0.2) is 0 Å². The Kier molecular flexibility index (Phi) is 5.78. The molecule has 2 aromatic rings. The Morgan fingerprint density at radius 1 is 1.08 bits per heavy atom. The Bertz CT molecular complexity index is 826. The molecular weight excluding hydrogens is 326 g/mol. The predicted octanol–water partition coefficient (Wildman–Crippen LogP) is 2.68. The number of carbonyl (C=O) groups excluding carboxylic acids is 2. The van der Waals surface area contributed by atoms with Gasteiger partial charge in [-0.3, -0.25) is 9.59 Å². The van der Waals surface area contributed by atoms with E-state index in [1.54, 1.807) is 24.3 Å². The van der Waals surface area contributed by atoms with Crippen molar-refractivity contribution in [3.05, 3.63) is 70.8 Å². The van der Waals surface area contributed by atoms with Crippen molar-refractivity contribution < 1.29 is 9.59 Å². The second kappa shape index (κ2) is 7.83. The van der Waals surface area contributed by atoms with E-state index in [2.05, 4.69) is 26.1 Å². The molecule has 0 bridgehead atoms. The number of benzene rings is 2. The number of nitrogens with one attached hydrogen (secondary N) is 1. The van der Waals surface area contributed by atoms with E-state index in [1.165, 1.54) is 5.56 Å². The van der Waals surface area contributed by atoms with Gasteiger partial charge in [-0.1, -0.05) is 45.0 Å². The smallest absolute Gasteiger partial charge is 0.251 e. The quantitative estimate of drug-likeness (QED) is 0.868. The van der Waals surface area contributed by atoms with Gasteiger partial charge in [0, 0.05) is 12.0 Å². The summed E-state index contributed by atoms with van der Waals surface area (Å²) in [6.45, 7) is 6.39. The van der Waals surface area contributed by atoms with Gasteiger partial charge in [-0.25, -0.2) is 0 Å². The summed E-state index contributed by atoms with van der Waals surface area (Å²) in [5, 5.41) is 11.5. The van der Waals surface area contributed by atoms with Crippen molar-refractivity contribution in [1.82, 2.24) is 5.32 Å². The van der Waals surface area contributed by atoms with Gasteiger partial charge >= 0.3 is 0 Å². The van der Waals surface area contributed by atoms with Crippen molar-refractivity contribution in [1.29, 1.82) is 5.26 Å². The van der Waals surface area contributed by atoms with Crippen LogP contribution in [-0.2, 0) is 16.6 Å². The second-order valence-corrected chi connectivity index (χ2v) is 7.27. The van der Waals surface area contributed by atoms with Crippen LogP contribution in [0.2, 0.25) is 0 Å². The zero-order chi connectivity index (χ0) is 19.3. The van der Waals surface area contributed by atoms with Crippen molar-refractivity contribution >= 4 is 11.8 Å². The van der Waals surface area contributed by atoms with Crippen LogP contribution < -0.4 is 11.1 Å². The number of primary amides is 1. The average molecular weight is 349 g/mol. The van der Waals surface area contributed by atoms with E-state index in [9.17, 15) is 9.59 Å². The highest BCUT2D eigenvalue weighted by Gasteiger charge is 2.20. The van der Waals surface area contributed by atoms with E-state index in [0.717, 1.165) is 5.56 Å². The van der Waals surface area contributed by atoms with Gasteiger partial charge in [-0.15, -0.1) is 0 Å². The van der Waals surface area contributed by atoms with Crippen molar-refractivity contribution in [3.8, 4) is 6.07 Å².